The molecular weight excluding hydrogens is 510 g/mol. The van der Waals surface area contributed by atoms with Gasteiger partial charge >= 0.3 is 0 Å². The van der Waals surface area contributed by atoms with Gasteiger partial charge in [0, 0.05) is 36.1 Å². The summed E-state index contributed by atoms with van der Waals surface area (Å²) in [5.41, 5.74) is 2.59. The number of amides is 1. The summed E-state index contributed by atoms with van der Waals surface area (Å²) in [5.74, 6) is 2.90. The highest BCUT2D eigenvalue weighted by molar-refractivity contribution is 7.89. The zero-order valence-electron chi connectivity index (χ0n) is 20.7. The Morgan fingerprint density at radius 1 is 1.11 bits per heavy atom. The second-order valence-corrected chi connectivity index (χ2v) is 10.6. The molecule has 0 saturated heterocycles. The lowest BCUT2D eigenvalue weighted by Crippen LogP contribution is -2.34. The Balaban J connectivity index is 1.79. The molecule has 0 atom stereocenters. The maximum Gasteiger partial charge on any atom is 0.241 e. The van der Waals surface area contributed by atoms with Gasteiger partial charge in [-0.2, -0.15) is 4.72 Å². The topological polar surface area (TPSA) is 88.6 Å². The molecule has 1 amide bonds. The van der Waals surface area contributed by atoms with Crippen molar-refractivity contribution in [1.82, 2.24) is 14.6 Å². The van der Waals surface area contributed by atoms with E-state index < -0.39 is 10.0 Å². The quantitative estimate of drug-likeness (QED) is 0.328. The number of terminal acetylenes is 1. The lowest BCUT2D eigenvalue weighted by Gasteiger charge is -2.24. The Labute approximate surface area is 223 Å². The standard InChI is InChI=1S/C28H30ClN3O4S/c1-3-14-31-37(34,35)26-8-5-22(6-9-26)13-17-32(28(33)19-23-11-15-30-16-12-23)21-24-20-25(29)7-10-27(24)36-18-4-2/h1,5-12,15-16,20,31H,4,13-14,17-19,21H2,2H3. The Kier molecular flexibility index (Phi) is 10.5. The number of ether oxygens (including phenoxy) is 1. The molecule has 37 heavy (non-hydrogen) atoms. The Morgan fingerprint density at radius 2 is 1.84 bits per heavy atom. The molecule has 2 aromatic carbocycles. The van der Waals surface area contributed by atoms with E-state index in [9.17, 15) is 13.2 Å². The van der Waals surface area contributed by atoms with Crippen molar-refractivity contribution < 1.29 is 17.9 Å². The average Bonchev–Trinajstić information content (AvgIpc) is 2.90. The van der Waals surface area contributed by atoms with Crippen molar-refractivity contribution in [2.45, 2.75) is 37.6 Å². The minimum atomic E-state index is -3.66. The SMILES string of the molecule is C#CCNS(=O)(=O)c1ccc(CCN(Cc2cc(Cl)ccc2OCCC)C(=O)Cc2ccncc2)cc1. The van der Waals surface area contributed by atoms with Gasteiger partial charge in [-0.05, 0) is 66.4 Å². The Hall–Kier alpha value is -3.38. The third-order valence-corrected chi connectivity index (χ3v) is 7.22. The second-order valence-electron chi connectivity index (χ2n) is 8.37. The monoisotopic (exact) mass is 539 g/mol. The van der Waals surface area contributed by atoms with Crippen molar-refractivity contribution in [2.75, 3.05) is 19.7 Å². The number of hydrogen-bond donors (Lipinski definition) is 1. The van der Waals surface area contributed by atoms with Crippen LogP contribution in [0.3, 0.4) is 0 Å². The molecule has 1 heterocycles. The van der Waals surface area contributed by atoms with E-state index in [0.29, 0.717) is 36.9 Å². The number of nitrogens with one attached hydrogen (secondary N) is 1. The van der Waals surface area contributed by atoms with E-state index in [-0.39, 0.29) is 23.8 Å². The van der Waals surface area contributed by atoms with Crippen LogP contribution >= 0.6 is 11.6 Å². The molecule has 9 heteroatoms. The minimum Gasteiger partial charge on any atom is -0.493 e. The summed E-state index contributed by atoms with van der Waals surface area (Å²) >= 11 is 6.27. The maximum atomic E-state index is 13.4. The largest absolute Gasteiger partial charge is 0.493 e. The molecule has 7 nitrogen and oxygen atoms in total. The van der Waals surface area contributed by atoms with E-state index in [1.54, 1.807) is 35.5 Å². The molecule has 1 N–H and O–H groups in total. The van der Waals surface area contributed by atoms with Gasteiger partial charge in [-0.15, -0.1) is 6.42 Å². The summed E-state index contributed by atoms with van der Waals surface area (Å²) in [5, 5.41) is 0.565. The molecule has 0 saturated carbocycles. The van der Waals surface area contributed by atoms with E-state index in [1.165, 1.54) is 12.1 Å². The van der Waals surface area contributed by atoms with Crippen LogP contribution in [-0.2, 0) is 34.2 Å². The zero-order chi connectivity index (χ0) is 26.7. The van der Waals surface area contributed by atoms with Crippen LogP contribution in [0, 0.1) is 12.3 Å². The van der Waals surface area contributed by atoms with Crippen molar-refractivity contribution in [3.8, 4) is 18.1 Å². The predicted octanol–water partition coefficient (Wildman–Crippen LogP) is 4.25. The molecule has 0 aliphatic carbocycles. The number of hydrogen-bond acceptors (Lipinski definition) is 5. The number of carbonyl (C=O) groups excluding carboxylic acids is 1. The maximum absolute atomic E-state index is 13.4. The first-order valence-electron chi connectivity index (χ1n) is 11.9. The highest BCUT2D eigenvalue weighted by Gasteiger charge is 2.18. The van der Waals surface area contributed by atoms with Gasteiger partial charge in [0.25, 0.3) is 0 Å². The first-order chi connectivity index (χ1) is 17.8. The van der Waals surface area contributed by atoms with Crippen LogP contribution in [0.2, 0.25) is 5.02 Å². The molecule has 0 unspecified atom stereocenters. The van der Waals surface area contributed by atoms with Crippen LogP contribution in [0.4, 0.5) is 0 Å². The molecule has 0 aliphatic heterocycles. The lowest BCUT2D eigenvalue weighted by atomic mass is 10.1. The molecule has 0 aliphatic rings. The number of aromatic nitrogens is 1. The van der Waals surface area contributed by atoms with E-state index in [1.807, 2.05) is 31.2 Å². The van der Waals surface area contributed by atoms with Gasteiger partial charge in [-0.25, -0.2) is 8.42 Å². The number of benzene rings is 2. The number of sulfonamides is 1. The first-order valence-corrected chi connectivity index (χ1v) is 13.8. The normalized spacial score (nSPS) is 11.1. The molecule has 0 radical (unpaired) electrons. The van der Waals surface area contributed by atoms with Crippen LogP contribution in [0.1, 0.15) is 30.0 Å². The third kappa shape index (κ3) is 8.60. The average molecular weight is 540 g/mol. The minimum absolute atomic E-state index is 0.0506. The van der Waals surface area contributed by atoms with E-state index in [0.717, 1.165) is 23.1 Å². The van der Waals surface area contributed by atoms with Gasteiger partial charge in [0.05, 0.1) is 24.5 Å². The van der Waals surface area contributed by atoms with Crippen molar-refractivity contribution in [1.29, 1.82) is 0 Å². The molecule has 0 bridgehead atoms. The van der Waals surface area contributed by atoms with Crippen molar-refractivity contribution in [3.05, 3.63) is 88.7 Å². The van der Waals surface area contributed by atoms with E-state index in [4.69, 9.17) is 22.8 Å². The summed E-state index contributed by atoms with van der Waals surface area (Å²) in [4.78, 5) is 19.3. The van der Waals surface area contributed by atoms with Crippen LogP contribution in [0.25, 0.3) is 0 Å². The van der Waals surface area contributed by atoms with E-state index >= 15 is 0 Å². The summed E-state index contributed by atoms with van der Waals surface area (Å²) in [6, 6.07) is 15.6. The molecule has 3 aromatic rings. The highest BCUT2D eigenvalue weighted by atomic mass is 35.5. The van der Waals surface area contributed by atoms with Gasteiger partial charge in [0.2, 0.25) is 15.9 Å². The zero-order valence-corrected chi connectivity index (χ0v) is 22.3. The third-order valence-electron chi connectivity index (χ3n) is 5.57. The number of rotatable bonds is 13. The van der Waals surface area contributed by atoms with Crippen LogP contribution < -0.4 is 9.46 Å². The number of pyridine rings is 1. The number of halogens is 1. The number of nitrogens with zero attached hydrogens (tertiary/aromatic N) is 2. The Morgan fingerprint density at radius 3 is 2.51 bits per heavy atom. The summed E-state index contributed by atoms with van der Waals surface area (Å²) in [7, 11) is -3.66. The van der Waals surface area contributed by atoms with Crippen LogP contribution in [0.15, 0.2) is 71.9 Å². The first kappa shape index (κ1) is 28.2. The fourth-order valence-electron chi connectivity index (χ4n) is 3.63. The fraction of sp³-hybridized carbons (Fsp3) is 0.286. The number of carbonyl (C=O) groups is 1. The van der Waals surface area contributed by atoms with Crippen molar-refractivity contribution in [3.63, 3.8) is 0 Å². The van der Waals surface area contributed by atoms with Crippen LogP contribution in [0.5, 0.6) is 5.75 Å². The van der Waals surface area contributed by atoms with Gasteiger partial charge in [-0.3, -0.25) is 9.78 Å². The summed E-state index contributed by atoms with van der Waals surface area (Å²) in [6.07, 6.45) is 10.1. The molecule has 194 valence electrons. The van der Waals surface area contributed by atoms with Gasteiger partial charge in [0.15, 0.2) is 0 Å². The van der Waals surface area contributed by atoms with Gasteiger partial charge in [0.1, 0.15) is 5.75 Å². The fourth-order valence-corrected chi connectivity index (χ4v) is 4.76. The second kappa shape index (κ2) is 13.8. The van der Waals surface area contributed by atoms with E-state index in [2.05, 4.69) is 15.6 Å². The van der Waals surface area contributed by atoms with Gasteiger partial charge < -0.3 is 9.64 Å². The molecular formula is C28H30ClN3O4S. The van der Waals surface area contributed by atoms with Gasteiger partial charge in [-0.1, -0.05) is 36.6 Å². The Bertz CT molecular complexity index is 1320. The lowest BCUT2D eigenvalue weighted by molar-refractivity contribution is -0.131. The smallest absolute Gasteiger partial charge is 0.241 e. The summed E-state index contributed by atoms with van der Waals surface area (Å²) < 4.78 is 32.8. The molecule has 0 fully saturated rings. The highest BCUT2D eigenvalue weighted by Crippen LogP contribution is 2.25. The molecule has 1 aromatic heterocycles. The molecule has 3 rings (SSSR count). The van der Waals surface area contributed by atoms with Crippen molar-refractivity contribution >= 4 is 27.5 Å². The van der Waals surface area contributed by atoms with Crippen LogP contribution in [-0.4, -0.2) is 43.9 Å². The predicted molar refractivity (Wildman–Crippen MR) is 145 cm³/mol. The summed E-state index contributed by atoms with van der Waals surface area (Å²) in [6.45, 7) is 3.26. The van der Waals surface area contributed by atoms with Crippen molar-refractivity contribution in [2.24, 2.45) is 0 Å². The molecule has 0 spiro atoms.